The summed E-state index contributed by atoms with van der Waals surface area (Å²) in [6.07, 6.45) is 0. The Kier molecular flexibility index (Phi) is 9.65. The van der Waals surface area contributed by atoms with Crippen molar-refractivity contribution in [1.82, 2.24) is 4.44 Å². The monoisotopic (exact) mass is 287 g/mol. The maximum atomic E-state index is 12.4. The van der Waals surface area contributed by atoms with Crippen molar-refractivity contribution in [1.29, 1.82) is 0 Å². The predicted octanol–water partition coefficient (Wildman–Crippen LogP) is 3.40. The van der Waals surface area contributed by atoms with E-state index < -0.39 is 16.3 Å². The second kappa shape index (κ2) is 9.40. The molecule has 0 atom stereocenters. The van der Waals surface area contributed by atoms with Crippen LogP contribution in [0.3, 0.4) is 0 Å². The number of hydrogen-bond donors (Lipinski definition) is 0. The molecule has 0 saturated heterocycles. The summed E-state index contributed by atoms with van der Waals surface area (Å²) in [5, 5.41) is 0. The molecule has 0 rings (SSSR count). The third kappa shape index (κ3) is 5.75. The molecule has 0 amide bonds. The second-order valence-corrected chi connectivity index (χ2v) is 6.83. The van der Waals surface area contributed by atoms with Crippen LogP contribution in [0.4, 0.5) is 0 Å². The minimum Gasteiger partial charge on any atom is -0.322 e. The predicted molar refractivity (Wildman–Crippen MR) is 68.8 cm³/mol. The Bertz CT molecular complexity index is 225. The molecule has 0 aliphatic rings. The minimum absolute atomic E-state index is 0.309. The standard InChI is InChI=1S/C9H23NO5P2/c1-6-12-16(13-7-2)10(5)17(11,14-8-3)15-9-4/h6-9H2,1-5H3. The SMILES string of the molecule is CCOP(OCC)N(C)P(=O)(OCC)OCC. The zero-order valence-corrected chi connectivity index (χ0v) is 13.0. The van der Waals surface area contributed by atoms with Gasteiger partial charge < -0.3 is 9.05 Å². The van der Waals surface area contributed by atoms with Crippen LogP contribution in [-0.2, 0) is 22.7 Å². The fraction of sp³-hybridized carbons (Fsp3) is 1.00. The summed E-state index contributed by atoms with van der Waals surface area (Å²) < 4.78 is 35.2. The molecular formula is C9H23NO5P2. The van der Waals surface area contributed by atoms with Gasteiger partial charge in [-0.05, 0) is 27.7 Å². The summed E-state index contributed by atoms with van der Waals surface area (Å²) in [4.78, 5) is 0. The Morgan fingerprint density at radius 2 is 1.35 bits per heavy atom. The van der Waals surface area contributed by atoms with Gasteiger partial charge in [-0.1, -0.05) is 0 Å². The number of rotatable bonds is 10. The van der Waals surface area contributed by atoms with Crippen LogP contribution in [-0.4, -0.2) is 37.9 Å². The summed E-state index contributed by atoms with van der Waals surface area (Å²) >= 11 is 0. The Morgan fingerprint density at radius 1 is 0.941 bits per heavy atom. The van der Waals surface area contributed by atoms with E-state index >= 15 is 0 Å². The lowest BCUT2D eigenvalue weighted by Crippen LogP contribution is -2.16. The molecule has 0 aliphatic heterocycles. The van der Waals surface area contributed by atoms with Gasteiger partial charge in [0.1, 0.15) is 0 Å². The maximum Gasteiger partial charge on any atom is 0.414 e. The van der Waals surface area contributed by atoms with Crippen molar-refractivity contribution in [2.45, 2.75) is 27.7 Å². The molecule has 0 aromatic carbocycles. The van der Waals surface area contributed by atoms with Gasteiger partial charge in [0.2, 0.25) is 0 Å². The Hall–Kier alpha value is 0.460. The molecule has 0 heterocycles. The highest BCUT2D eigenvalue weighted by atomic mass is 31.2. The van der Waals surface area contributed by atoms with E-state index in [2.05, 4.69) is 0 Å². The first kappa shape index (κ1) is 17.5. The molecule has 0 aromatic heterocycles. The van der Waals surface area contributed by atoms with E-state index in [9.17, 15) is 4.57 Å². The molecule has 0 aromatic rings. The second-order valence-electron chi connectivity index (χ2n) is 2.87. The zero-order chi connectivity index (χ0) is 13.3. The van der Waals surface area contributed by atoms with E-state index in [0.29, 0.717) is 26.4 Å². The average molecular weight is 287 g/mol. The fourth-order valence-electron chi connectivity index (χ4n) is 1.05. The van der Waals surface area contributed by atoms with Crippen LogP contribution in [0.2, 0.25) is 0 Å². The van der Waals surface area contributed by atoms with Crippen LogP contribution >= 0.6 is 16.3 Å². The Labute approximate surface area is 105 Å². The lowest BCUT2D eigenvalue weighted by molar-refractivity contribution is 0.180. The summed E-state index contributed by atoms with van der Waals surface area (Å²) in [6.45, 7) is 8.82. The van der Waals surface area contributed by atoms with E-state index in [-0.39, 0.29) is 0 Å². The van der Waals surface area contributed by atoms with E-state index in [4.69, 9.17) is 18.1 Å². The van der Waals surface area contributed by atoms with Crippen LogP contribution in [0.1, 0.15) is 27.7 Å². The first-order valence-electron chi connectivity index (χ1n) is 5.74. The first-order chi connectivity index (χ1) is 8.05. The van der Waals surface area contributed by atoms with Gasteiger partial charge in [-0.2, -0.15) is 0 Å². The molecule has 8 heteroatoms. The van der Waals surface area contributed by atoms with Gasteiger partial charge >= 0.3 is 7.75 Å². The normalized spacial score (nSPS) is 12.6. The van der Waals surface area contributed by atoms with Gasteiger partial charge in [-0.25, -0.2) is 4.57 Å². The van der Waals surface area contributed by atoms with Crippen molar-refractivity contribution in [2.75, 3.05) is 33.5 Å². The van der Waals surface area contributed by atoms with Crippen molar-refractivity contribution >= 4 is 16.3 Å². The molecule has 6 nitrogen and oxygen atoms in total. The molecule has 0 N–H and O–H groups in total. The molecule has 0 radical (unpaired) electrons. The topological polar surface area (TPSA) is 57.2 Å². The van der Waals surface area contributed by atoms with E-state index in [1.807, 2.05) is 13.8 Å². The number of nitrogens with zero attached hydrogens (tertiary/aromatic N) is 1. The van der Waals surface area contributed by atoms with Gasteiger partial charge in [-0.3, -0.25) is 9.05 Å². The van der Waals surface area contributed by atoms with Crippen LogP contribution in [0.25, 0.3) is 0 Å². The third-order valence-electron chi connectivity index (χ3n) is 1.65. The highest BCUT2D eigenvalue weighted by Crippen LogP contribution is 2.62. The summed E-state index contributed by atoms with van der Waals surface area (Å²) in [5.74, 6) is 0. The van der Waals surface area contributed by atoms with E-state index in [1.54, 1.807) is 20.9 Å². The van der Waals surface area contributed by atoms with Gasteiger partial charge in [0, 0.05) is 7.05 Å². The minimum atomic E-state index is -3.31. The lowest BCUT2D eigenvalue weighted by atomic mass is 10.9. The molecule has 0 unspecified atom stereocenters. The lowest BCUT2D eigenvalue weighted by Gasteiger charge is -2.30. The Balaban J connectivity index is 4.75. The van der Waals surface area contributed by atoms with Gasteiger partial charge in [0.15, 0.2) is 0 Å². The van der Waals surface area contributed by atoms with Crippen LogP contribution in [0.15, 0.2) is 0 Å². The van der Waals surface area contributed by atoms with Crippen molar-refractivity contribution in [3.05, 3.63) is 0 Å². The van der Waals surface area contributed by atoms with Crippen LogP contribution < -0.4 is 0 Å². The fourth-order valence-corrected chi connectivity index (χ4v) is 4.29. The smallest absolute Gasteiger partial charge is 0.322 e. The van der Waals surface area contributed by atoms with Gasteiger partial charge in [0.25, 0.3) is 8.53 Å². The van der Waals surface area contributed by atoms with E-state index in [1.165, 1.54) is 4.44 Å². The van der Waals surface area contributed by atoms with Crippen LogP contribution in [0, 0.1) is 0 Å². The third-order valence-corrected chi connectivity index (χ3v) is 6.06. The van der Waals surface area contributed by atoms with Crippen molar-refractivity contribution < 1.29 is 22.7 Å². The molecule has 17 heavy (non-hydrogen) atoms. The molecule has 0 aliphatic carbocycles. The van der Waals surface area contributed by atoms with Gasteiger partial charge in [-0.15, -0.1) is 4.44 Å². The Morgan fingerprint density at radius 3 is 1.65 bits per heavy atom. The molecule has 0 spiro atoms. The number of hydrogen-bond acceptors (Lipinski definition) is 5. The molecule has 0 fully saturated rings. The summed E-state index contributed by atoms with van der Waals surface area (Å²) in [6, 6.07) is 0. The van der Waals surface area contributed by atoms with Crippen molar-refractivity contribution in [2.24, 2.45) is 0 Å². The molecule has 0 saturated carbocycles. The molecular weight excluding hydrogens is 264 g/mol. The maximum absolute atomic E-state index is 12.4. The van der Waals surface area contributed by atoms with Crippen molar-refractivity contribution in [3.63, 3.8) is 0 Å². The van der Waals surface area contributed by atoms with Gasteiger partial charge in [0.05, 0.1) is 26.4 Å². The summed E-state index contributed by atoms with van der Waals surface area (Å²) in [5.41, 5.74) is 0. The summed E-state index contributed by atoms with van der Waals surface area (Å²) in [7, 11) is -3.10. The first-order valence-corrected chi connectivity index (χ1v) is 8.37. The van der Waals surface area contributed by atoms with Crippen molar-refractivity contribution in [3.8, 4) is 0 Å². The molecule has 0 bridgehead atoms. The largest absolute Gasteiger partial charge is 0.414 e. The van der Waals surface area contributed by atoms with Crippen LogP contribution in [0.5, 0.6) is 0 Å². The zero-order valence-electron chi connectivity index (χ0n) is 11.2. The average Bonchev–Trinajstić information content (AvgIpc) is 2.28. The van der Waals surface area contributed by atoms with E-state index in [0.717, 1.165) is 0 Å². The molecule has 104 valence electrons. The quantitative estimate of drug-likeness (QED) is 0.574. The highest BCUT2D eigenvalue weighted by molar-refractivity contribution is 7.64. The highest BCUT2D eigenvalue weighted by Gasteiger charge is 2.37.